The van der Waals surface area contributed by atoms with Gasteiger partial charge in [0.15, 0.2) is 0 Å². The standard InChI is InChI=1S/C24H46O5/c1-2-3-4-5-6-7-8-9-10-11-12-13-14-15-16-17-18-28-24-22(27)20-29-23(24)21(26)19-25/h10-11,21-27H,2-9,12-20H2,1H3/b11-10+/t21-,22+,23-,24-/m0/s1. The highest BCUT2D eigenvalue weighted by molar-refractivity contribution is 4.89. The number of aliphatic hydroxyl groups is 3. The van der Waals surface area contributed by atoms with Crippen LogP contribution in [0.5, 0.6) is 0 Å². The van der Waals surface area contributed by atoms with Gasteiger partial charge in [-0.3, -0.25) is 0 Å². The van der Waals surface area contributed by atoms with Crippen LogP contribution in [0.1, 0.15) is 96.8 Å². The Labute approximate surface area is 178 Å². The first-order valence-corrected chi connectivity index (χ1v) is 12.1. The van der Waals surface area contributed by atoms with Crippen LogP contribution in [0.25, 0.3) is 0 Å². The molecule has 1 saturated heterocycles. The third-order valence-electron chi connectivity index (χ3n) is 5.70. The molecule has 1 aliphatic heterocycles. The van der Waals surface area contributed by atoms with Gasteiger partial charge in [-0.25, -0.2) is 0 Å². The molecule has 0 bridgehead atoms. The molecule has 5 heteroatoms. The summed E-state index contributed by atoms with van der Waals surface area (Å²) in [6.45, 7) is 2.59. The van der Waals surface area contributed by atoms with Gasteiger partial charge in [0.1, 0.15) is 24.4 Å². The average Bonchev–Trinajstić information content (AvgIpc) is 3.10. The van der Waals surface area contributed by atoms with Gasteiger partial charge in [-0.15, -0.1) is 0 Å². The lowest BCUT2D eigenvalue weighted by molar-refractivity contribution is -0.0938. The Kier molecular flexibility index (Phi) is 16.8. The van der Waals surface area contributed by atoms with E-state index in [-0.39, 0.29) is 13.2 Å². The summed E-state index contributed by atoms with van der Waals surface area (Å²) in [5.41, 5.74) is 0. The maximum atomic E-state index is 9.89. The summed E-state index contributed by atoms with van der Waals surface area (Å²) in [5.74, 6) is 0. The van der Waals surface area contributed by atoms with Crippen molar-refractivity contribution >= 4 is 0 Å². The fourth-order valence-electron chi connectivity index (χ4n) is 3.83. The number of aliphatic hydroxyl groups excluding tert-OH is 3. The second-order valence-electron chi connectivity index (χ2n) is 8.39. The summed E-state index contributed by atoms with van der Waals surface area (Å²) >= 11 is 0. The monoisotopic (exact) mass is 414 g/mol. The van der Waals surface area contributed by atoms with Crippen LogP contribution in [0.15, 0.2) is 12.2 Å². The zero-order chi connectivity index (χ0) is 21.2. The van der Waals surface area contributed by atoms with Gasteiger partial charge in [0.05, 0.1) is 13.2 Å². The molecule has 0 aromatic heterocycles. The van der Waals surface area contributed by atoms with Crippen LogP contribution in [0.4, 0.5) is 0 Å². The molecule has 0 aliphatic carbocycles. The maximum absolute atomic E-state index is 9.89. The molecule has 0 spiro atoms. The topological polar surface area (TPSA) is 79.2 Å². The Morgan fingerprint density at radius 3 is 2.03 bits per heavy atom. The Balaban J connectivity index is 1.87. The number of allylic oxidation sites excluding steroid dienone is 2. The van der Waals surface area contributed by atoms with E-state index in [1.165, 1.54) is 77.0 Å². The Bertz CT molecular complexity index is 387. The molecule has 29 heavy (non-hydrogen) atoms. The predicted octanol–water partition coefficient (Wildman–Crippen LogP) is 4.52. The number of hydrogen-bond acceptors (Lipinski definition) is 5. The van der Waals surface area contributed by atoms with Crippen molar-refractivity contribution in [1.82, 2.24) is 0 Å². The van der Waals surface area contributed by atoms with E-state index >= 15 is 0 Å². The minimum atomic E-state index is -1.00. The van der Waals surface area contributed by atoms with Gasteiger partial charge >= 0.3 is 0 Å². The van der Waals surface area contributed by atoms with Crippen molar-refractivity contribution in [2.45, 2.75) is 121 Å². The van der Waals surface area contributed by atoms with Gasteiger partial charge in [-0.2, -0.15) is 0 Å². The van der Waals surface area contributed by atoms with E-state index in [1.54, 1.807) is 0 Å². The first-order valence-electron chi connectivity index (χ1n) is 12.1. The molecule has 1 fully saturated rings. The summed E-state index contributed by atoms with van der Waals surface area (Å²) in [7, 11) is 0. The summed E-state index contributed by atoms with van der Waals surface area (Å²) < 4.78 is 11.0. The molecule has 1 heterocycles. The van der Waals surface area contributed by atoms with Crippen molar-refractivity contribution in [2.75, 3.05) is 19.8 Å². The molecular formula is C24H46O5. The van der Waals surface area contributed by atoms with E-state index in [2.05, 4.69) is 19.1 Å². The number of rotatable bonds is 19. The SMILES string of the molecule is CCCCCCCCC/C=C/CCCCCCCO[C@@H]1[C@H]([C@@H](O)CO)OC[C@H]1O. The van der Waals surface area contributed by atoms with Gasteiger partial charge in [0.2, 0.25) is 0 Å². The molecule has 172 valence electrons. The van der Waals surface area contributed by atoms with Gasteiger partial charge in [0.25, 0.3) is 0 Å². The molecular weight excluding hydrogens is 368 g/mol. The van der Waals surface area contributed by atoms with Crippen LogP contribution in [0, 0.1) is 0 Å². The average molecular weight is 415 g/mol. The normalized spacial score (nSPS) is 23.2. The Hall–Kier alpha value is -0.460. The Morgan fingerprint density at radius 1 is 0.897 bits per heavy atom. The minimum absolute atomic E-state index is 0.152. The van der Waals surface area contributed by atoms with E-state index in [0.717, 1.165) is 12.8 Å². The second-order valence-corrected chi connectivity index (χ2v) is 8.39. The first kappa shape index (κ1) is 26.6. The summed E-state index contributed by atoms with van der Waals surface area (Å²) in [5, 5.41) is 28.7. The third-order valence-corrected chi connectivity index (χ3v) is 5.70. The lowest BCUT2D eigenvalue weighted by atomic mass is 10.1. The highest BCUT2D eigenvalue weighted by Crippen LogP contribution is 2.21. The van der Waals surface area contributed by atoms with E-state index in [0.29, 0.717) is 6.61 Å². The van der Waals surface area contributed by atoms with Gasteiger partial charge < -0.3 is 24.8 Å². The predicted molar refractivity (Wildman–Crippen MR) is 118 cm³/mol. The largest absolute Gasteiger partial charge is 0.394 e. The van der Waals surface area contributed by atoms with E-state index < -0.39 is 24.4 Å². The van der Waals surface area contributed by atoms with Crippen LogP contribution in [-0.2, 0) is 9.47 Å². The first-order chi connectivity index (χ1) is 14.2. The highest BCUT2D eigenvalue weighted by Gasteiger charge is 2.40. The minimum Gasteiger partial charge on any atom is -0.394 e. The Morgan fingerprint density at radius 2 is 1.45 bits per heavy atom. The fraction of sp³-hybridized carbons (Fsp3) is 0.917. The van der Waals surface area contributed by atoms with E-state index in [1.807, 2.05) is 0 Å². The molecule has 1 rings (SSSR count). The van der Waals surface area contributed by atoms with Crippen molar-refractivity contribution in [3.8, 4) is 0 Å². The molecule has 4 atom stereocenters. The maximum Gasteiger partial charge on any atom is 0.114 e. The van der Waals surface area contributed by atoms with Crippen molar-refractivity contribution in [3.05, 3.63) is 12.2 Å². The third kappa shape index (κ3) is 12.7. The van der Waals surface area contributed by atoms with Crippen molar-refractivity contribution in [3.63, 3.8) is 0 Å². The van der Waals surface area contributed by atoms with E-state index in [4.69, 9.17) is 14.6 Å². The molecule has 5 nitrogen and oxygen atoms in total. The molecule has 0 aromatic rings. The lowest BCUT2D eigenvalue weighted by Crippen LogP contribution is -2.42. The summed E-state index contributed by atoms with van der Waals surface area (Å²) in [6, 6.07) is 0. The highest BCUT2D eigenvalue weighted by atomic mass is 16.6. The van der Waals surface area contributed by atoms with Crippen molar-refractivity contribution in [1.29, 1.82) is 0 Å². The van der Waals surface area contributed by atoms with Crippen LogP contribution < -0.4 is 0 Å². The molecule has 1 aliphatic rings. The van der Waals surface area contributed by atoms with Crippen LogP contribution >= 0.6 is 0 Å². The summed E-state index contributed by atoms with van der Waals surface area (Å²) in [4.78, 5) is 0. The zero-order valence-electron chi connectivity index (χ0n) is 18.6. The second kappa shape index (κ2) is 18.3. The lowest BCUT2D eigenvalue weighted by Gasteiger charge is -2.23. The van der Waals surface area contributed by atoms with Crippen molar-refractivity contribution < 1.29 is 24.8 Å². The zero-order valence-corrected chi connectivity index (χ0v) is 18.6. The smallest absolute Gasteiger partial charge is 0.114 e. The number of hydrogen-bond donors (Lipinski definition) is 3. The quantitative estimate of drug-likeness (QED) is 0.214. The summed E-state index contributed by atoms with van der Waals surface area (Å²) in [6.07, 6.45) is 19.6. The van der Waals surface area contributed by atoms with Crippen LogP contribution in [0.3, 0.4) is 0 Å². The molecule has 0 amide bonds. The van der Waals surface area contributed by atoms with Gasteiger partial charge in [-0.05, 0) is 32.1 Å². The van der Waals surface area contributed by atoms with Crippen LogP contribution in [-0.4, -0.2) is 59.6 Å². The molecule has 0 unspecified atom stereocenters. The van der Waals surface area contributed by atoms with Crippen molar-refractivity contribution in [2.24, 2.45) is 0 Å². The van der Waals surface area contributed by atoms with Crippen LogP contribution in [0.2, 0.25) is 0 Å². The van der Waals surface area contributed by atoms with E-state index in [9.17, 15) is 10.2 Å². The molecule has 0 saturated carbocycles. The molecule has 3 N–H and O–H groups in total. The molecule has 0 aromatic carbocycles. The van der Waals surface area contributed by atoms with Gasteiger partial charge in [0, 0.05) is 6.61 Å². The molecule has 0 radical (unpaired) electrons. The number of unbranched alkanes of at least 4 members (excludes halogenated alkanes) is 12. The fourth-order valence-corrected chi connectivity index (χ4v) is 3.83. The number of ether oxygens (including phenoxy) is 2. The van der Waals surface area contributed by atoms with Gasteiger partial charge in [-0.1, -0.05) is 76.9 Å².